The van der Waals surface area contributed by atoms with Gasteiger partial charge in [0, 0.05) is 11.6 Å². The molecule has 1 N–H and O–H groups in total. The summed E-state index contributed by atoms with van der Waals surface area (Å²) in [4.78, 5) is 34.9. The highest BCUT2D eigenvalue weighted by molar-refractivity contribution is 5.93. The number of nitro groups is 1. The first-order valence-electron chi connectivity index (χ1n) is 8.47. The summed E-state index contributed by atoms with van der Waals surface area (Å²) in [5.74, 6) is -1.38. The van der Waals surface area contributed by atoms with Crippen LogP contribution in [-0.4, -0.2) is 28.4 Å². The Hall–Kier alpha value is -2.95. The Bertz CT molecular complexity index is 763. The molecule has 1 saturated carbocycles. The molecule has 0 radical (unpaired) electrons. The van der Waals surface area contributed by atoms with Crippen LogP contribution in [0.5, 0.6) is 0 Å². The van der Waals surface area contributed by atoms with Gasteiger partial charge in [0.2, 0.25) is 0 Å². The molecule has 0 bridgehead atoms. The minimum absolute atomic E-state index is 0.00499. The van der Waals surface area contributed by atoms with Crippen LogP contribution in [0.1, 0.15) is 54.9 Å². The number of esters is 1. The molecule has 1 aromatic carbocycles. The number of carbonyl (C=O) groups excluding carboxylic acids is 2. The van der Waals surface area contributed by atoms with Gasteiger partial charge in [-0.3, -0.25) is 14.9 Å². The van der Waals surface area contributed by atoms with Crippen molar-refractivity contribution in [1.82, 2.24) is 5.32 Å². The molecule has 8 heteroatoms. The third-order valence-electron chi connectivity index (χ3n) is 4.58. The van der Waals surface area contributed by atoms with Crippen molar-refractivity contribution in [3.8, 4) is 6.07 Å². The normalized spacial score (nSPS) is 16.8. The number of nitrogens with one attached hydrogen (secondary N) is 1. The Labute approximate surface area is 151 Å². The molecule has 0 heterocycles. The Morgan fingerprint density at radius 1 is 1.35 bits per heavy atom. The summed E-state index contributed by atoms with van der Waals surface area (Å²) in [5, 5.41) is 23.1. The standard InChI is InChI=1S/C18H21N3O5/c1-12-6-7-14(10-15(12)21(24)25)17(23)26-13(2)16(22)20-18(11-19)8-4-3-5-9-18/h6-7,10,13H,3-5,8-9H2,1-2H3,(H,20,22)/t13-/m0/s1. The van der Waals surface area contributed by atoms with Crippen LogP contribution in [0.15, 0.2) is 18.2 Å². The minimum Gasteiger partial charge on any atom is -0.449 e. The highest BCUT2D eigenvalue weighted by atomic mass is 16.6. The molecule has 26 heavy (non-hydrogen) atoms. The van der Waals surface area contributed by atoms with Gasteiger partial charge in [0.15, 0.2) is 6.10 Å². The van der Waals surface area contributed by atoms with Crippen molar-refractivity contribution in [3.05, 3.63) is 39.4 Å². The van der Waals surface area contributed by atoms with Crippen LogP contribution >= 0.6 is 0 Å². The molecule has 0 saturated heterocycles. The van der Waals surface area contributed by atoms with Crippen molar-refractivity contribution < 1.29 is 19.2 Å². The number of nitrogens with zero attached hydrogens (tertiary/aromatic N) is 2. The number of rotatable bonds is 5. The summed E-state index contributed by atoms with van der Waals surface area (Å²) < 4.78 is 5.12. The number of nitriles is 1. The Balaban J connectivity index is 2.04. The maximum absolute atomic E-state index is 12.3. The molecule has 1 aromatic rings. The predicted molar refractivity (Wildman–Crippen MR) is 92.3 cm³/mol. The largest absolute Gasteiger partial charge is 0.449 e. The Kier molecular flexibility index (Phi) is 5.93. The molecular formula is C18H21N3O5. The van der Waals surface area contributed by atoms with E-state index in [9.17, 15) is 25.0 Å². The van der Waals surface area contributed by atoms with Crippen LogP contribution in [0.2, 0.25) is 0 Å². The zero-order valence-electron chi connectivity index (χ0n) is 14.8. The van der Waals surface area contributed by atoms with Crippen molar-refractivity contribution in [2.24, 2.45) is 0 Å². The molecule has 2 rings (SSSR count). The smallest absolute Gasteiger partial charge is 0.339 e. The SMILES string of the molecule is Cc1ccc(C(=O)O[C@@H](C)C(=O)NC2(C#N)CCCCC2)cc1[N+](=O)[O-]. The lowest BCUT2D eigenvalue weighted by atomic mass is 9.83. The van der Waals surface area contributed by atoms with Crippen molar-refractivity contribution in [2.45, 2.75) is 57.6 Å². The van der Waals surface area contributed by atoms with Crippen molar-refractivity contribution >= 4 is 17.6 Å². The highest BCUT2D eigenvalue weighted by Gasteiger charge is 2.35. The van der Waals surface area contributed by atoms with E-state index in [1.165, 1.54) is 19.1 Å². The van der Waals surface area contributed by atoms with E-state index in [0.29, 0.717) is 18.4 Å². The second-order valence-electron chi connectivity index (χ2n) is 6.55. The van der Waals surface area contributed by atoms with Gasteiger partial charge in [-0.1, -0.05) is 25.3 Å². The number of nitro benzene ring substituents is 1. The summed E-state index contributed by atoms with van der Waals surface area (Å²) in [6.07, 6.45) is 2.76. The molecular weight excluding hydrogens is 338 g/mol. The molecule has 1 fully saturated rings. The van der Waals surface area contributed by atoms with Gasteiger partial charge in [-0.2, -0.15) is 5.26 Å². The van der Waals surface area contributed by atoms with Crippen LogP contribution in [-0.2, 0) is 9.53 Å². The molecule has 1 amide bonds. The second-order valence-corrected chi connectivity index (χ2v) is 6.55. The third-order valence-corrected chi connectivity index (χ3v) is 4.58. The van der Waals surface area contributed by atoms with Gasteiger partial charge < -0.3 is 10.1 Å². The average Bonchev–Trinajstić information content (AvgIpc) is 2.62. The summed E-state index contributed by atoms with van der Waals surface area (Å²) in [7, 11) is 0. The van der Waals surface area contributed by atoms with Crippen LogP contribution < -0.4 is 5.32 Å². The topological polar surface area (TPSA) is 122 Å². The van der Waals surface area contributed by atoms with E-state index in [4.69, 9.17) is 4.74 Å². The van der Waals surface area contributed by atoms with Gasteiger partial charge in [0.05, 0.1) is 16.6 Å². The van der Waals surface area contributed by atoms with E-state index in [2.05, 4.69) is 11.4 Å². The summed E-state index contributed by atoms with van der Waals surface area (Å²) in [6, 6.07) is 6.15. The third kappa shape index (κ3) is 4.36. The zero-order valence-corrected chi connectivity index (χ0v) is 14.8. The van der Waals surface area contributed by atoms with E-state index >= 15 is 0 Å². The van der Waals surface area contributed by atoms with Gasteiger partial charge in [0.25, 0.3) is 11.6 Å². The lowest BCUT2D eigenvalue weighted by molar-refractivity contribution is -0.385. The summed E-state index contributed by atoms with van der Waals surface area (Å²) in [5.41, 5.74) is -0.694. The molecule has 138 valence electrons. The van der Waals surface area contributed by atoms with Crippen molar-refractivity contribution in [3.63, 3.8) is 0 Å². The fourth-order valence-corrected chi connectivity index (χ4v) is 2.97. The first-order chi connectivity index (χ1) is 12.3. The average molecular weight is 359 g/mol. The van der Waals surface area contributed by atoms with Crippen LogP contribution in [0, 0.1) is 28.4 Å². The molecule has 1 aliphatic carbocycles. The summed E-state index contributed by atoms with van der Waals surface area (Å²) >= 11 is 0. The van der Waals surface area contributed by atoms with Gasteiger partial charge >= 0.3 is 5.97 Å². The van der Waals surface area contributed by atoms with Crippen LogP contribution in [0.4, 0.5) is 5.69 Å². The second kappa shape index (κ2) is 7.95. The maximum atomic E-state index is 12.3. The molecule has 8 nitrogen and oxygen atoms in total. The van der Waals surface area contributed by atoms with E-state index in [1.54, 1.807) is 6.92 Å². The zero-order chi connectivity index (χ0) is 19.3. The molecule has 1 aliphatic rings. The van der Waals surface area contributed by atoms with E-state index < -0.39 is 28.4 Å². The quantitative estimate of drug-likeness (QED) is 0.490. The van der Waals surface area contributed by atoms with Gasteiger partial charge in [-0.05, 0) is 32.8 Å². The molecule has 0 aliphatic heterocycles. The molecule has 0 unspecified atom stereocenters. The Morgan fingerprint density at radius 2 is 2.00 bits per heavy atom. The number of ether oxygens (including phenoxy) is 1. The number of benzene rings is 1. The fourth-order valence-electron chi connectivity index (χ4n) is 2.97. The van der Waals surface area contributed by atoms with E-state index in [1.807, 2.05) is 0 Å². The van der Waals surface area contributed by atoms with Gasteiger partial charge in [-0.15, -0.1) is 0 Å². The first-order valence-corrected chi connectivity index (χ1v) is 8.47. The number of hydrogen-bond donors (Lipinski definition) is 1. The Morgan fingerprint density at radius 3 is 2.58 bits per heavy atom. The highest BCUT2D eigenvalue weighted by Crippen LogP contribution is 2.27. The summed E-state index contributed by atoms with van der Waals surface area (Å²) in [6.45, 7) is 2.97. The minimum atomic E-state index is -1.12. The maximum Gasteiger partial charge on any atom is 0.339 e. The van der Waals surface area contributed by atoms with Crippen molar-refractivity contribution in [2.75, 3.05) is 0 Å². The van der Waals surface area contributed by atoms with Gasteiger partial charge in [-0.25, -0.2) is 4.79 Å². The lowest BCUT2D eigenvalue weighted by Crippen LogP contribution is -2.52. The van der Waals surface area contributed by atoms with E-state index in [-0.39, 0.29) is 11.3 Å². The molecule has 0 spiro atoms. The number of hydrogen-bond acceptors (Lipinski definition) is 6. The van der Waals surface area contributed by atoms with E-state index in [0.717, 1.165) is 25.3 Å². The van der Waals surface area contributed by atoms with Crippen LogP contribution in [0.25, 0.3) is 0 Å². The fraction of sp³-hybridized carbons (Fsp3) is 0.500. The lowest BCUT2D eigenvalue weighted by Gasteiger charge is -2.32. The molecule has 0 aromatic heterocycles. The monoisotopic (exact) mass is 359 g/mol. The van der Waals surface area contributed by atoms with Crippen molar-refractivity contribution in [1.29, 1.82) is 5.26 Å². The van der Waals surface area contributed by atoms with Gasteiger partial charge in [0.1, 0.15) is 5.54 Å². The molecule has 1 atom stereocenters. The number of carbonyl (C=O) groups is 2. The number of aryl methyl sites for hydroxylation is 1. The predicted octanol–water partition coefficient (Wildman–Crippen LogP) is 2.79. The number of amides is 1. The first kappa shape index (κ1) is 19.4. The van der Waals surface area contributed by atoms with Crippen LogP contribution in [0.3, 0.4) is 0 Å².